The smallest absolute Gasteiger partial charge is 0.407 e. The normalized spacial score (nSPS) is 25.9. The third-order valence-electron chi connectivity index (χ3n) is 16.9. The molecule has 0 spiro atoms. The Bertz CT molecular complexity index is 2570. The Balaban J connectivity index is 0.911. The number of hydrogen-bond acceptors (Lipinski definition) is 10. The van der Waals surface area contributed by atoms with Gasteiger partial charge < -0.3 is 47.9 Å². The van der Waals surface area contributed by atoms with Crippen molar-refractivity contribution in [1.29, 1.82) is 0 Å². The van der Waals surface area contributed by atoms with Gasteiger partial charge in [0, 0.05) is 17.9 Å². The largest absolute Gasteiger partial charge is 0.508 e. The Kier molecular flexibility index (Phi) is 16.1. The van der Waals surface area contributed by atoms with Crippen LogP contribution in [0.1, 0.15) is 134 Å². The summed E-state index contributed by atoms with van der Waals surface area (Å²) in [5.41, 5.74) is 15.1. The summed E-state index contributed by atoms with van der Waals surface area (Å²) < 4.78 is 5.36. The highest BCUT2D eigenvalue weighted by molar-refractivity contribution is 6.01. The van der Waals surface area contributed by atoms with Crippen molar-refractivity contribution in [2.45, 2.75) is 148 Å². The van der Waals surface area contributed by atoms with Crippen molar-refractivity contribution < 1.29 is 43.4 Å². The average molecular weight is 991 g/mol. The zero-order chi connectivity index (χ0) is 52.2. The number of hydrogen-bond donors (Lipinski definition) is 9. The van der Waals surface area contributed by atoms with Crippen LogP contribution in [-0.2, 0) is 59.0 Å². The van der Waals surface area contributed by atoms with Crippen LogP contribution in [0.2, 0.25) is 0 Å². The Labute approximate surface area is 422 Å². The first kappa shape index (κ1) is 53.3. The van der Waals surface area contributed by atoms with E-state index in [-0.39, 0.29) is 66.8 Å². The standard InChI is InChI=1S/C55H74N8O9/c1-32(2)45(56)47(67)62-41(10-7-27-58-50(57)70)46(66)61-36-17-11-33(12-18-36)31-72-51(71)59-30-44(65)60-37-19-13-34-15-21-42-52(3,39(34)28-37)23-8-25-54(42,5)48(68)63-49(69)55(6)26-9-24-53(4)40-29-38(64)20-14-35(40)16-22-43(53)55/h11-14,17-20,28-29,32,41-43,45,64H,7-10,15-16,21-27,30-31,56H2,1-6H3,(H,59,71)(H,60,65)(H,61,66)(H,62,67)(H3,57,58,70)(H,63,68,69)/t41?,42-,43-,45?,52-,53-,54+,55+/m1/s1. The molecule has 4 aliphatic carbocycles. The molecule has 0 aliphatic heterocycles. The number of primary amides is 1. The molecule has 388 valence electrons. The van der Waals surface area contributed by atoms with Crippen molar-refractivity contribution in [1.82, 2.24) is 21.3 Å². The Morgan fingerprint density at radius 2 is 1.29 bits per heavy atom. The number of imide groups is 1. The van der Waals surface area contributed by atoms with Crippen LogP contribution in [0.3, 0.4) is 0 Å². The topological polar surface area (TPSA) is 273 Å². The second-order valence-electron chi connectivity index (χ2n) is 22.0. The monoisotopic (exact) mass is 991 g/mol. The predicted molar refractivity (Wildman–Crippen MR) is 273 cm³/mol. The fraction of sp³-hybridized carbons (Fsp3) is 0.545. The number of nitrogens with one attached hydrogen (secondary N) is 6. The number of amides is 8. The lowest BCUT2D eigenvalue weighted by atomic mass is 9.49. The maximum Gasteiger partial charge on any atom is 0.407 e. The number of urea groups is 1. The van der Waals surface area contributed by atoms with Crippen LogP contribution in [0.15, 0.2) is 60.7 Å². The number of anilines is 2. The van der Waals surface area contributed by atoms with Gasteiger partial charge in [0.1, 0.15) is 24.9 Å². The van der Waals surface area contributed by atoms with Crippen LogP contribution in [0.5, 0.6) is 5.75 Å². The summed E-state index contributed by atoms with van der Waals surface area (Å²) in [7, 11) is 0. The molecule has 8 amide bonds. The number of aromatic hydroxyl groups is 1. The molecule has 4 aliphatic rings. The first-order chi connectivity index (χ1) is 34.1. The molecule has 2 fully saturated rings. The molecule has 0 saturated heterocycles. The van der Waals surface area contributed by atoms with E-state index in [0.29, 0.717) is 36.2 Å². The van der Waals surface area contributed by atoms with Gasteiger partial charge in [-0.1, -0.05) is 78.6 Å². The predicted octanol–water partition coefficient (Wildman–Crippen LogP) is 6.48. The molecule has 3 aromatic carbocycles. The fourth-order valence-corrected chi connectivity index (χ4v) is 12.7. The number of alkyl carbamates (subject to hydrolysis) is 1. The fourth-order valence-electron chi connectivity index (χ4n) is 12.7. The highest BCUT2D eigenvalue weighted by atomic mass is 16.5. The maximum absolute atomic E-state index is 14.6. The molecule has 17 heteroatoms. The summed E-state index contributed by atoms with van der Waals surface area (Å²) in [5.74, 6) is -1.79. The van der Waals surface area contributed by atoms with Gasteiger partial charge in [-0.2, -0.15) is 0 Å². The zero-order valence-corrected chi connectivity index (χ0v) is 42.6. The molecule has 0 aromatic heterocycles. The SMILES string of the molecule is CC(C)C(N)C(=O)NC(CCCNC(N)=O)C(=O)Nc1ccc(COC(=O)NCC(=O)Nc2ccc3c(c2)[C@@]2(C)CCC[C@](C)(C(=O)NC(=O)[C@@]4(C)CCC[C@]5(C)c6cc(O)ccc6CC[C@@H]45)[C@@H]2CC3)cc1. The van der Waals surface area contributed by atoms with E-state index in [2.05, 4.69) is 45.7 Å². The van der Waals surface area contributed by atoms with E-state index in [4.69, 9.17) is 16.2 Å². The van der Waals surface area contributed by atoms with Gasteiger partial charge in [0.05, 0.1) is 16.9 Å². The molecule has 8 atom stereocenters. The Hall–Kier alpha value is -6.49. The molecule has 0 bridgehead atoms. The van der Waals surface area contributed by atoms with E-state index in [0.717, 1.165) is 68.1 Å². The number of benzene rings is 3. The van der Waals surface area contributed by atoms with Crippen LogP contribution in [0.4, 0.5) is 21.0 Å². The van der Waals surface area contributed by atoms with E-state index in [1.54, 1.807) is 44.2 Å². The highest BCUT2D eigenvalue weighted by Crippen LogP contribution is 2.60. The number of carbonyl (C=O) groups is 7. The summed E-state index contributed by atoms with van der Waals surface area (Å²) in [5, 5.41) is 26.8. The van der Waals surface area contributed by atoms with Gasteiger partial charge >= 0.3 is 12.1 Å². The van der Waals surface area contributed by atoms with E-state index in [1.165, 1.54) is 5.56 Å². The molecule has 17 nitrogen and oxygen atoms in total. The van der Waals surface area contributed by atoms with Crippen molar-refractivity contribution >= 4 is 53.0 Å². The van der Waals surface area contributed by atoms with Crippen molar-refractivity contribution in [2.75, 3.05) is 23.7 Å². The van der Waals surface area contributed by atoms with E-state index >= 15 is 0 Å². The third kappa shape index (κ3) is 11.3. The van der Waals surface area contributed by atoms with Crippen molar-refractivity contribution in [3.05, 3.63) is 88.5 Å². The average Bonchev–Trinajstić information content (AvgIpc) is 3.33. The van der Waals surface area contributed by atoms with Gasteiger partial charge in [-0.3, -0.25) is 29.3 Å². The van der Waals surface area contributed by atoms with Gasteiger partial charge in [-0.25, -0.2) is 9.59 Å². The maximum atomic E-state index is 14.6. The lowest BCUT2D eigenvalue weighted by Crippen LogP contribution is -2.60. The molecule has 0 radical (unpaired) electrons. The lowest BCUT2D eigenvalue weighted by Gasteiger charge is -2.56. The van der Waals surface area contributed by atoms with Gasteiger partial charge in [0.15, 0.2) is 0 Å². The quantitative estimate of drug-likeness (QED) is 0.0557. The number of phenolic OH excluding ortho intramolecular Hbond substituents is 1. The van der Waals surface area contributed by atoms with Crippen LogP contribution in [0.25, 0.3) is 0 Å². The number of ether oxygens (including phenoxy) is 1. The Morgan fingerprint density at radius 1 is 0.722 bits per heavy atom. The molecule has 3 aromatic rings. The minimum Gasteiger partial charge on any atom is -0.508 e. The number of phenols is 1. The van der Waals surface area contributed by atoms with Crippen LogP contribution in [0, 0.1) is 28.6 Å². The van der Waals surface area contributed by atoms with Gasteiger partial charge in [-0.05, 0) is 157 Å². The third-order valence-corrected chi connectivity index (χ3v) is 16.9. The minimum absolute atomic E-state index is 0.0198. The van der Waals surface area contributed by atoms with Gasteiger partial charge in [0.2, 0.25) is 29.5 Å². The minimum atomic E-state index is -0.931. The molecule has 2 unspecified atom stereocenters. The number of nitrogens with two attached hydrogens (primary N) is 2. The van der Waals surface area contributed by atoms with E-state index in [1.807, 2.05) is 44.2 Å². The summed E-state index contributed by atoms with van der Waals surface area (Å²) in [6, 6.07) is 15.6. The summed E-state index contributed by atoms with van der Waals surface area (Å²) in [6.45, 7) is 11.8. The number of rotatable bonds is 16. The van der Waals surface area contributed by atoms with E-state index < -0.39 is 58.2 Å². The second-order valence-corrected chi connectivity index (χ2v) is 22.0. The number of aryl methyl sites for hydroxylation is 2. The van der Waals surface area contributed by atoms with Crippen LogP contribution in [-0.4, -0.2) is 71.9 Å². The van der Waals surface area contributed by atoms with E-state index in [9.17, 15) is 38.7 Å². The summed E-state index contributed by atoms with van der Waals surface area (Å²) in [4.78, 5) is 92.0. The summed E-state index contributed by atoms with van der Waals surface area (Å²) in [6.07, 6.45) is 7.74. The van der Waals surface area contributed by atoms with Crippen molar-refractivity contribution in [2.24, 2.45) is 40.1 Å². The Morgan fingerprint density at radius 3 is 1.88 bits per heavy atom. The summed E-state index contributed by atoms with van der Waals surface area (Å²) >= 11 is 0. The zero-order valence-electron chi connectivity index (χ0n) is 42.6. The number of carbonyl (C=O) groups excluding carboxylic acids is 7. The van der Waals surface area contributed by atoms with Gasteiger partial charge in [-0.15, -0.1) is 0 Å². The molecule has 2 saturated carbocycles. The molecular weight excluding hydrogens is 917 g/mol. The molecule has 7 rings (SSSR count). The molecule has 72 heavy (non-hydrogen) atoms. The first-order valence-electron chi connectivity index (χ1n) is 25.6. The van der Waals surface area contributed by atoms with Crippen molar-refractivity contribution in [3.63, 3.8) is 0 Å². The highest BCUT2D eigenvalue weighted by Gasteiger charge is 2.58. The molecular formula is C55H74N8O9. The van der Waals surface area contributed by atoms with Crippen LogP contribution < -0.4 is 43.4 Å². The first-order valence-corrected chi connectivity index (χ1v) is 25.6. The molecule has 11 N–H and O–H groups in total. The van der Waals surface area contributed by atoms with Crippen LogP contribution >= 0.6 is 0 Å². The lowest BCUT2D eigenvalue weighted by molar-refractivity contribution is -0.150. The van der Waals surface area contributed by atoms with Gasteiger partial charge in [0.25, 0.3) is 0 Å². The number of fused-ring (bicyclic) bond motifs is 6. The molecule has 0 heterocycles. The van der Waals surface area contributed by atoms with Crippen molar-refractivity contribution in [3.8, 4) is 5.75 Å². The second kappa shape index (κ2) is 21.7.